The van der Waals surface area contributed by atoms with Crippen LogP contribution in [0.1, 0.15) is 12.8 Å². The molecule has 8 nitrogen and oxygen atoms in total. The summed E-state index contributed by atoms with van der Waals surface area (Å²) in [6.07, 6.45) is 2.19. The normalized spacial score (nSPS) is 10.4. The van der Waals surface area contributed by atoms with Crippen molar-refractivity contribution in [2.45, 2.75) is 12.8 Å². The van der Waals surface area contributed by atoms with Crippen molar-refractivity contribution in [1.82, 2.24) is 0 Å². The fourth-order valence-electron chi connectivity index (χ4n) is 0.331. The number of aldehydes is 2. The monoisotopic (exact) mass is 342 g/mol. The second-order valence-electron chi connectivity index (χ2n) is 2.86. The first kappa shape index (κ1) is 24.1. The van der Waals surface area contributed by atoms with Gasteiger partial charge in [-0.1, -0.05) is 0 Å². The van der Waals surface area contributed by atoms with Gasteiger partial charge in [-0.05, 0) is 0 Å². The molecule has 2 N–H and O–H groups in total. The summed E-state index contributed by atoms with van der Waals surface area (Å²) in [5, 5.41) is 0. The Bertz CT molecular complexity index is 389. The van der Waals surface area contributed by atoms with Gasteiger partial charge in [0, 0.05) is 12.8 Å². The Kier molecular flexibility index (Phi) is 17.4. The van der Waals surface area contributed by atoms with Gasteiger partial charge in [0.15, 0.2) is 0 Å². The van der Waals surface area contributed by atoms with E-state index in [-0.39, 0.29) is 0 Å². The topological polar surface area (TPSA) is 143 Å². The van der Waals surface area contributed by atoms with E-state index >= 15 is 0 Å². The SMILES string of the molecule is O=CCCC=O.O=S(=O)(O)CCF.O=S(=O)(O)CCF. The molecule has 20 heavy (non-hydrogen) atoms. The highest BCUT2D eigenvalue weighted by Crippen LogP contribution is 1.80. The minimum atomic E-state index is -4.05. The summed E-state index contributed by atoms with van der Waals surface area (Å²) in [7, 11) is -8.10. The number of rotatable bonds is 7. The first-order chi connectivity index (χ1) is 9.04. The summed E-state index contributed by atoms with van der Waals surface area (Å²) in [6.45, 7) is -2.06. The molecule has 0 radical (unpaired) electrons. The van der Waals surface area contributed by atoms with E-state index in [0.29, 0.717) is 12.8 Å². The first-order valence-electron chi connectivity index (χ1n) is 4.93. The molecule has 0 spiro atoms. The van der Waals surface area contributed by atoms with E-state index in [1.54, 1.807) is 0 Å². The van der Waals surface area contributed by atoms with Crippen molar-refractivity contribution in [2.24, 2.45) is 0 Å². The third kappa shape index (κ3) is 43.5. The van der Waals surface area contributed by atoms with Crippen LogP contribution in [0.15, 0.2) is 0 Å². The molecule has 0 aliphatic heterocycles. The molecular formula is C8H16F2O8S2. The molecule has 0 aromatic heterocycles. The van der Waals surface area contributed by atoms with Crippen LogP contribution in [-0.2, 0) is 29.8 Å². The van der Waals surface area contributed by atoms with Crippen molar-refractivity contribution >= 4 is 32.8 Å². The standard InChI is InChI=1S/C4H6O2.2C2H5FO3S/c5-3-1-2-4-6;2*3-1-2-7(4,5)6/h3-4H,1-2H2;2*1-2H2,(H,4,5,6). The number of unbranched alkanes of at least 4 members (excludes halogenated alkanes) is 1. The van der Waals surface area contributed by atoms with Crippen LogP contribution in [0.3, 0.4) is 0 Å². The van der Waals surface area contributed by atoms with Crippen LogP contribution in [-0.4, -0.2) is 63.4 Å². The summed E-state index contributed by atoms with van der Waals surface area (Å²) in [6, 6.07) is 0. The van der Waals surface area contributed by atoms with Crippen LogP contribution in [0.2, 0.25) is 0 Å². The van der Waals surface area contributed by atoms with Crippen LogP contribution in [0.25, 0.3) is 0 Å². The number of alkyl halides is 2. The molecule has 0 rings (SSSR count). The van der Waals surface area contributed by atoms with E-state index in [0.717, 1.165) is 12.6 Å². The molecule has 122 valence electrons. The zero-order chi connectivity index (χ0) is 16.7. The maximum absolute atomic E-state index is 10.9. The van der Waals surface area contributed by atoms with E-state index in [1.807, 2.05) is 0 Å². The highest BCUT2D eigenvalue weighted by Gasteiger charge is 2.00. The van der Waals surface area contributed by atoms with Gasteiger partial charge in [-0.25, -0.2) is 8.78 Å². The number of hydrogen-bond acceptors (Lipinski definition) is 6. The average Bonchev–Trinajstić information content (AvgIpc) is 2.24. The third-order valence-electron chi connectivity index (χ3n) is 1.07. The fourth-order valence-corrected chi connectivity index (χ4v) is 0.721. The zero-order valence-corrected chi connectivity index (χ0v) is 11.9. The molecule has 0 bridgehead atoms. The van der Waals surface area contributed by atoms with Crippen molar-refractivity contribution in [3.05, 3.63) is 0 Å². The third-order valence-corrected chi connectivity index (χ3v) is 2.41. The molecular weight excluding hydrogens is 326 g/mol. The minimum Gasteiger partial charge on any atom is -0.303 e. The van der Waals surface area contributed by atoms with E-state index in [1.165, 1.54) is 0 Å². The molecule has 12 heteroatoms. The van der Waals surface area contributed by atoms with Crippen LogP contribution in [0.5, 0.6) is 0 Å². The van der Waals surface area contributed by atoms with Crippen molar-refractivity contribution in [1.29, 1.82) is 0 Å². The predicted molar refractivity (Wildman–Crippen MR) is 66.1 cm³/mol. The van der Waals surface area contributed by atoms with Crippen LogP contribution < -0.4 is 0 Å². The van der Waals surface area contributed by atoms with E-state index in [2.05, 4.69) is 0 Å². The zero-order valence-electron chi connectivity index (χ0n) is 10.3. The Labute approximate surface area is 115 Å². The number of carbonyl (C=O) groups excluding carboxylic acids is 2. The smallest absolute Gasteiger partial charge is 0.267 e. The molecule has 0 heterocycles. The van der Waals surface area contributed by atoms with Crippen LogP contribution in [0.4, 0.5) is 8.78 Å². The quantitative estimate of drug-likeness (QED) is 0.369. The van der Waals surface area contributed by atoms with Crippen molar-refractivity contribution < 1.29 is 44.3 Å². The molecule has 0 aromatic carbocycles. The lowest BCUT2D eigenvalue weighted by molar-refractivity contribution is -0.112. The van der Waals surface area contributed by atoms with Crippen LogP contribution >= 0.6 is 0 Å². The lowest BCUT2D eigenvalue weighted by Crippen LogP contribution is -2.04. The summed E-state index contributed by atoms with van der Waals surface area (Å²) in [5.74, 6) is -1.60. The Morgan fingerprint density at radius 1 is 0.750 bits per heavy atom. The van der Waals surface area contributed by atoms with E-state index in [9.17, 15) is 35.2 Å². The van der Waals surface area contributed by atoms with Gasteiger partial charge >= 0.3 is 0 Å². The first-order valence-corrected chi connectivity index (χ1v) is 8.15. The molecule has 0 aliphatic carbocycles. The highest BCUT2D eigenvalue weighted by atomic mass is 32.2. The second-order valence-corrected chi connectivity index (χ2v) is 6.00. The molecule has 0 fully saturated rings. The molecule has 0 saturated heterocycles. The van der Waals surface area contributed by atoms with E-state index in [4.69, 9.17) is 9.11 Å². The van der Waals surface area contributed by atoms with Gasteiger partial charge in [0.25, 0.3) is 20.2 Å². The maximum atomic E-state index is 10.9. The van der Waals surface area contributed by atoms with Gasteiger partial charge in [0.2, 0.25) is 0 Å². The van der Waals surface area contributed by atoms with Gasteiger partial charge < -0.3 is 9.59 Å². The van der Waals surface area contributed by atoms with Crippen LogP contribution in [0, 0.1) is 0 Å². The fraction of sp³-hybridized carbons (Fsp3) is 0.750. The second kappa shape index (κ2) is 14.4. The lowest BCUT2D eigenvalue weighted by atomic mass is 10.4. The summed E-state index contributed by atoms with van der Waals surface area (Å²) in [4.78, 5) is 18.8. The summed E-state index contributed by atoms with van der Waals surface area (Å²) >= 11 is 0. The van der Waals surface area contributed by atoms with Gasteiger partial charge in [-0.15, -0.1) is 0 Å². The predicted octanol–water partition coefficient (Wildman–Crippen LogP) is -0.148. The lowest BCUT2D eigenvalue weighted by Gasteiger charge is -1.84. The average molecular weight is 342 g/mol. The largest absolute Gasteiger partial charge is 0.303 e. The molecule has 0 unspecified atom stereocenters. The molecule has 0 atom stereocenters. The van der Waals surface area contributed by atoms with Gasteiger partial charge in [0.05, 0.1) is 0 Å². The minimum absolute atomic E-state index is 0.365. The van der Waals surface area contributed by atoms with Crippen molar-refractivity contribution in [3.8, 4) is 0 Å². The molecule has 0 amide bonds. The molecule has 0 saturated carbocycles. The Balaban J connectivity index is -0.000000218. The number of hydrogen-bond donors (Lipinski definition) is 2. The summed E-state index contributed by atoms with van der Waals surface area (Å²) < 4.78 is 75.6. The molecule has 0 aromatic rings. The van der Waals surface area contributed by atoms with Gasteiger partial charge in [0.1, 0.15) is 37.4 Å². The number of carbonyl (C=O) groups is 2. The van der Waals surface area contributed by atoms with Crippen molar-refractivity contribution in [2.75, 3.05) is 24.9 Å². The molecule has 0 aliphatic rings. The Morgan fingerprint density at radius 2 is 1.00 bits per heavy atom. The van der Waals surface area contributed by atoms with Gasteiger partial charge in [-0.2, -0.15) is 16.8 Å². The maximum Gasteiger partial charge on any atom is 0.267 e. The number of halogens is 2. The summed E-state index contributed by atoms with van der Waals surface area (Å²) in [5.41, 5.74) is 0. The Morgan fingerprint density at radius 3 is 1.05 bits per heavy atom. The van der Waals surface area contributed by atoms with Gasteiger partial charge in [-0.3, -0.25) is 9.11 Å². The highest BCUT2D eigenvalue weighted by molar-refractivity contribution is 7.86. The Hall–Kier alpha value is -0.980. The van der Waals surface area contributed by atoms with Crippen molar-refractivity contribution in [3.63, 3.8) is 0 Å². The van der Waals surface area contributed by atoms with E-state index < -0.39 is 45.1 Å².